The fourth-order valence-electron chi connectivity index (χ4n) is 1.03. The zero-order valence-corrected chi connectivity index (χ0v) is 9.36. The van der Waals surface area contributed by atoms with Crippen LogP contribution in [0.4, 0.5) is 0 Å². The average Bonchev–Trinajstić information content (AvgIpc) is 2.15. The Kier molecular flexibility index (Phi) is 4.53. The van der Waals surface area contributed by atoms with Crippen LogP contribution in [0.1, 0.15) is 12.5 Å². The zero-order valence-electron chi connectivity index (χ0n) is 8.54. The molecule has 1 rings (SSSR count). The quantitative estimate of drug-likeness (QED) is 0.608. The van der Waals surface area contributed by atoms with Gasteiger partial charge in [0.05, 0.1) is 0 Å². The highest BCUT2D eigenvalue weighted by atomic mass is 32.2. The third-order valence-corrected chi connectivity index (χ3v) is 2.78. The molecule has 0 aliphatic rings. The molecule has 1 amide bonds. The van der Waals surface area contributed by atoms with Crippen molar-refractivity contribution in [1.82, 2.24) is 5.32 Å². The molecule has 0 heterocycles. The van der Waals surface area contributed by atoms with Crippen molar-refractivity contribution in [2.24, 2.45) is 0 Å². The van der Waals surface area contributed by atoms with Crippen LogP contribution < -0.4 is 5.32 Å². The normalized spacial score (nSPS) is 9.86. The zero-order chi connectivity index (χ0) is 10.4. The molecule has 3 heteroatoms. The number of carbonyl (C=O) groups is 1. The van der Waals surface area contributed by atoms with Crippen LogP contribution in [0.3, 0.4) is 0 Å². The smallest absolute Gasteiger partial charge is 0.216 e. The van der Waals surface area contributed by atoms with Gasteiger partial charge in [-0.2, -0.15) is 0 Å². The summed E-state index contributed by atoms with van der Waals surface area (Å²) in [5.41, 5.74) is 1.27. The number of nitrogens with one attached hydrogen (secondary N) is 1. The van der Waals surface area contributed by atoms with Crippen LogP contribution >= 0.6 is 11.8 Å². The Labute approximate surface area is 89.1 Å². The number of amides is 1. The number of benzene rings is 1. The molecule has 0 unspecified atom stereocenters. The fourth-order valence-corrected chi connectivity index (χ4v) is 1.80. The van der Waals surface area contributed by atoms with Crippen LogP contribution in [0, 0.1) is 6.92 Å². The molecule has 0 fully saturated rings. The number of rotatable bonds is 4. The van der Waals surface area contributed by atoms with E-state index in [1.165, 1.54) is 17.4 Å². The van der Waals surface area contributed by atoms with Gasteiger partial charge in [-0.3, -0.25) is 4.79 Å². The van der Waals surface area contributed by atoms with E-state index in [9.17, 15) is 4.79 Å². The molecular formula is C11H15NOS. The van der Waals surface area contributed by atoms with Gasteiger partial charge in [0.25, 0.3) is 0 Å². The lowest BCUT2D eigenvalue weighted by Crippen LogP contribution is -2.22. The third kappa shape index (κ3) is 4.33. The summed E-state index contributed by atoms with van der Waals surface area (Å²) in [5.74, 6) is 0.956. The number of hydrogen-bond donors (Lipinski definition) is 1. The first-order valence-corrected chi connectivity index (χ1v) is 5.61. The molecule has 1 N–H and O–H groups in total. The number of carbonyl (C=O) groups excluding carboxylic acids is 1. The number of aryl methyl sites for hydroxylation is 1. The molecule has 1 aromatic rings. The monoisotopic (exact) mass is 209 g/mol. The van der Waals surface area contributed by atoms with Crippen molar-refractivity contribution < 1.29 is 4.79 Å². The molecule has 14 heavy (non-hydrogen) atoms. The fraction of sp³-hybridized carbons (Fsp3) is 0.364. The van der Waals surface area contributed by atoms with Crippen molar-refractivity contribution >= 4 is 17.7 Å². The molecule has 1 aromatic carbocycles. The lowest BCUT2D eigenvalue weighted by Gasteiger charge is -2.02. The van der Waals surface area contributed by atoms with Crippen molar-refractivity contribution in [3.63, 3.8) is 0 Å². The molecule has 0 atom stereocenters. The van der Waals surface area contributed by atoms with Crippen molar-refractivity contribution in [2.75, 3.05) is 12.3 Å². The molecule has 2 nitrogen and oxygen atoms in total. The van der Waals surface area contributed by atoms with Crippen LogP contribution in [0.2, 0.25) is 0 Å². The molecule has 76 valence electrons. The first-order valence-electron chi connectivity index (χ1n) is 4.62. The average molecular weight is 209 g/mol. The lowest BCUT2D eigenvalue weighted by atomic mass is 10.2. The third-order valence-electron chi connectivity index (χ3n) is 1.77. The van der Waals surface area contributed by atoms with Gasteiger partial charge < -0.3 is 5.32 Å². The molecule has 0 saturated carbocycles. The van der Waals surface area contributed by atoms with Crippen LogP contribution in [-0.4, -0.2) is 18.2 Å². The second kappa shape index (κ2) is 5.70. The summed E-state index contributed by atoms with van der Waals surface area (Å²) >= 11 is 1.76. The summed E-state index contributed by atoms with van der Waals surface area (Å²) < 4.78 is 0. The van der Waals surface area contributed by atoms with Crippen LogP contribution in [-0.2, 0) is 4.79 Å². The van der Waals surface area contributed by atoms with Gasteiger partial charge in [0.1, 0.15) is 0 Å². The Hall–Kier alpha value is -0.960. The maximum atomic E-state index is 10.6. The van der Waals surface area contributed by atoms with E-state index >= 15 is 0 Å². The Morgan fingerprint density at radius 3 is 2.57 bits per heavy atom. The SMILES string of the molecule is CC(=O)NCCSc1ccc(C)cc1. The van der Waals surface area contributed by atoms with Crippen LogP contribution in [0.15, 0.2) is 29.2 Å². The van der Waals surface area contributed by atoms with Crippen LogP contribution in [0.25, 0.3) is 0 Å². The molecule has 0 radical (unpaired) electrons. The van der Waals surface area contributed by atoms with Gasteiger partial charge in [-0.05, 0) is 19.1 Å². The minimum atomic E-state index is 0.0366. The largest absolute Gasteiger partial charge is 0.356 e. The van der Waals surface area contributed by atoms with Gasteiger partial charge in [-0.1, -0.05) is 17.7 Å². The van der Waals surface area contributed by atoms with Gasteiger partial charge in [-0.15, -0.1) is 11.8 Å². The second-order valence-corrected chi connectivity index (χ2v) is 4.31. The van der Waals surface area contributed by atoms with E-state index in [-0.39, 0.29) is 5.91 Å². The molecule has 0 saturated heterocycles. The number of hydrogen-bond acceptors (Lipinski definition) is 2. The Morgan fingerprint density at radius 1 is 1.36 bits per heavy atom. The summed E-state index contributed by atoms with van der Waals surface area (Å²) in [4.78, 5) is 11.8. The minimum absolute atomic E-state index is 0.0366. The van der Waals surface area contributed by atoms with Crippen molar-refractivity contribution in [1.29, 1.82) is 0 Å². The van der Waals surface area contributed by atoms with E-state index in [0.717, 1.165) is 12.3 Å². The van der Waals surface area contributed by atoms with Crippen molar-refractivity contribution in [2.45, 2.75) is 18.7 Å². The summed E-state index contributed by atoms with van der Waals surface area (Å²) in [6.07, 6.45) is 0. The summed E-state index contributed by atoms with van der Waals surface area (Å²) in [6, 6.07) is 8.41. The predicted octanol–water partition coefficient (Wildman–Crippen LogP) is 2.22. The van der Waals surface area contributed by atoms with E-state index in [2.05, 4.69) is 36.5 Å². The second-order valence-electron chi connectivity index (χ2n) is 3.14. The summed E-state index contributed by atoms with van der Waals surface area (Å²) in [5, 5.41) is 2.77. The van der Waals surface area contributed by atoms with E-state index in [1.807, 2.05) is 0 Å². The van der Waals surface area contributed by atoms with Gasteiger partial charge in [0, 0.05) is 24.1 Å². The topological polar surface area (TPSA) is 29.1 Å². The first-order chi connectivity index (χ1) is 6.68. The Bertz CT molecular complexity index is 295. The molecular weight excluding hydrogens is 194 g/mol. The predicted molar refractivity (Wildman–Crippen MR) is 60.6 cm³/mol. The molecule has 0 aromatic heterocycles. The van der Waals surface area contributed by atoms with E-state index < -0.39 is 0 Å². The lowest BCUT2D eigenvalue weighted by molar-refractivity contribution is -0.118. The van der Waals surface area contributed by atoms with E-state index in [4.69, 9.17) is 0 Å². The van der Waals surface area contributed by atoms with Gasteiger partial charge in [0.15, 0.2) is 0 Å². The van der Waals surface area contributed by atoms with Crippen molar-refractivity contribution in [3.8, 4) is 0 Å². The van der Waals surface area contributed by atoms with Crippen molar-refractivity contribution in [3.05, 3.63) is 29.8 Å². The molecule has 0 bridgehead atoms. The van der Waals surface area contributed by atoms with Gasteiger partial charge >= 0.3 is 0 Å². The molecule has 0 spiro atoms. The number of thioether (sulfide) groups is 1. The van der Waals surface area contributed by atoms with Gasteiger partial charge in [-0.25, -0.2) is 0 Å². The first kappa shape index (κ1) is 11.1. The summed E-state index contributed by atoms with van der Waals surface area (Å²) in [7, 11) is 0. The highest BCUT2D eigenvalue weighted by Gasteiger charge is 1.94. The van der Waals surface area contributed by atoms with Gasteiger partial charge in [0.2, 0.25) is 5.91 Å². The van der Waals surface area contributed by atoms with E-state index in [0.29, 0.717) is 0 Å². The maximum Gasteiger partial charge on any atom is 0.216 e. The molecule has 0 aliphatic carbocycles. The maximum absolute atomic E-state index is 10.6. The van der Waals surface area contributed by atoms with E-state index in [1.54, 1.807) is 11.8 Å². The highest BCUT2D eigenvalue weighted by molar-refractivity contribution is 7.99. The standard InChI is InChI=1S/C11H15NOS/c1-9-3-5-11(6-4-9)14-8-7-12-10(2)13/h3-6H,7-8H2,1-2H3,(H,12,13). The Balaban J connectivity index is 2.25. The molecule has 0 aliphatic heterocycles. The Morgan fingerprint density at radius 2 is 2.00 bits per heavy atom. The summed E-state index contributed by atoms with van der Waals surface area (Å²) in [6.45, 7) is 4.34. The van der Waals surface area contributed by atoms with Crippen LogP contribution in [0.5, 0.6) is 0 Å². The minimum Gasteiger partial charge on any atom is -0.356 e. The highest BCUT2D eigenvalue weighted by Crippen LogP contribution is 2.17.